The summed E-state index contributed by atoms with van der Waals surface area (Å²) in [6.07, 6.45) is 21.6. The van der Waals surface area contributed by atoms with Crippen LogP contribution in [-0.2, 0) is 42.8 Å². The van der Waals surface area contributed by atoms with Crippen molar-refractivity contribution in [3.8, 4) is 0 Å². The molecule has 0 saturated carbocycles. The zero-order chi connectivity index (χ0) is 59.1. The number of nitrogens with one attached hydrogen (secondary N) is 1. The number of carbonyl (C=O) groups is 3. The minimum absolute atomic E-state index is 0.000159. The fourth-order valence-electron chi connectivity index (χ4n) is 11.2. The van der Waals surface area contributed by atoms with Crippen molar-refractivity contribution in [3.63, 3.8) is 0 Å². The number of methoxy groups -OCH3 is 1. The van der Waals surface area contributed by atoms with Crippen LogP contribution in [0.3, 0.4) is 0 Å². The van der Waals surface area contributed by atoms with Crippen LogP contribution in [0.4, 0.5) is 0 Å². The Balaban J connectivity index is 1.82. The molecule has 3 saturated heterocycles. The van der Waals surface area contributed by atoms with Gasteiger partial charge in [0.1, 0.15) is 30.0 Å². The van der Waals surface area contributed by atoms with E-state index in [1.165, 1.54) is 18.9 Å². The van der Waals surface area contributed by atoms with Crippen LogP contribution in [0.1, 0.15) is 160 Å². The van der Waals surface area contributed by atoms with Gasteiger partial charge in [-0.2, -0.15) is 0 Å². The second kappa shape index (κ2) is 34.1. The number of hydrogen-bond acceptors (Lipinski definition) is 15. The summed E-state index contributed by atoms with van der Waals surface area (Å²) < 4.78 is 38.0. The Morgan fingerprint density at radius 2 is 1.33 bits per heavy atom. The fraction of sp³-hybridized carbons (Fsp3) is 0.758. The smallest absolute Gasteiger partial charge is 0.311 e. The zero-order valence-electron chi connectivity index (χ0n) is 50.5. The number of ether oxygens (including phenoxy) is 6. The molecule has 0 spiro atoms. The lowest BCUT2D eigenvalue weighted by Crippen LogP contribution is -2.60. The molecule has 79 heavy (non-hydrogen) atoms. The van der Waals surface area contributed by atoms with Crippen LogP contribution in [-0.4, -0.2) is 178 Å². The molecule has 0 radical (unpaired) electrons. The largest absolute Gasteiger partial charge is 0.459 e. The first kappa shape index (κ1) is 69.7. The van der Waals surface area contributed by atoms with E-state index in [1.807, 2.05) is 45.0 Å². The first-order valence-corrected chi connectivity index (χ1v) is 29.2. The first-order valence-electron chi connectivity index (χ1n) is 29.2. The molecule has 0 aromatic rings. The summed E-state index contributed by atoms with van der Waals surface area (Å²) in [5.74, 6) is -3.92. The molecular weight excluding hydrogens is 1010 g/mol. The number of aliphatic hydroxyl groups excluding tert-OH is 3. The Labute approximate surface area is 474 Å². The van der Waals surface area contributed by atoms with Crippen molar-refractivity contribution in [1.82, 2.24) is 15.1 Å². The Morgan fingerprint density at radius 3 is 1.86 bits per heavy atom. The van der Waals surface area contributed by atoms with Crippen LogP contribution < -0.4 is 5.32 Å². The molecule has 6 N–H and O–H groups in total. The standard InChI is InChI=1S/C62H105N3O14/c1-15-17-18-19-20-21-22-23-24-25-26-27-28-29-30-31-32-33-34-35-50(66)63-37-36-51(67)65-41-42(3)39-60(9,72)57(79-59-53(68)48(64(12)13)38-43(4)75-59)44(5)54(78-52-40-61(10,74-14)56(70)47(8)76-52)45(6)58(71)77-49(16-2)62(11,73)55(69)46(65)7/h17-18,20-21,23-24,26-27,29-30,32-33,42-49,52-57,59,68-70,72-73H,15-16,19,22,25,28,31,34-41H2,1-14H3,(H,63,66)/b18-17-,21-20-,24-23-,27-26-,30-29-,33-32-/t42-,43-,44+,45-,46-,47+,48+,49-,52+,53-,54+,55-,56+,57-,59+,60-,61-,62-/m1/s1. The predicted molar refractivity (Wildman–Crippen MR) is 308 cm³/mol. The molecule has 3 heterocycles. The number of hydrogen-bond donors (Lipinski definition) is 6. The summed E-state index contributed by atoms with van der Waals surface area (Å²) in [6, 6.07) is -1.40. The highest BCUT2D eigenvalue weighted by Gasteiger charge is 2.53. The Hall–Kier alpha value is -3.59. The third-order valence-electron chi connectivity index (χ3n) is 16.0. The van der Waals surface area contributed by atoms with E-state index in [0.29, 0.717) is 12.8 Å². The van der Waals surface area contributed by atoms with Gasteiger partial charge in [-0.3, -0.25) is 14.4 Å². The molecule has 17 heteroatoms. The second-order valence-electron chi connectivity index (χ2n) is 23.3. The van der Waals surface area contributed by atoms with Crippen LogP contribution in [0.15, 0.2) is 72.9 Å². The highest BCUT2D eigenvalue weighted by Crippen LogP contribution is 2.40. The molecule has 3 aliphatic heterocycles. The molecule has 3 fully saturated rings. The second-order valence-corrected chi connectivity index (χ2v) is 23.3. The van der Waals surface area contributed by atoms with E-state index in [-0.39, 0.29) is 63.2 Å². The third-order valence-corrected chi connectivity index (χ3v) is 16.0. The van der Waals surface area contributed by atoms with Crippen molar-refractivity contribution in [2.45, 2.75) is 250 Å². The molecule has 2 amide bonds. The molecular formula is C62H105N3O14. The molecule has 3 rings (SSSR count). The number of aliphatic hydroxyl groups is 5. The number of cyclic esters (lactones) is 1. The summed E-state index contributed by atoms with van der Waals surface area (Å²) in [5.41, 5.74) is -4.94. The fourth-order valence-corrected chi connectivity index (χ4v) is 11.2. The number of esters is 1. The van der Waals surface area contributed by atoms with Gasteiger partial charge in [0.2, 0.25) is 11.8 Å². The number of nitrogens with zero attached hydrogens (tertiary/aromatic N) is 2. The minimum atomic E-state index is -2.08. The van der Waals surface area contributed by atoms with Crippen molar-refractivity contribution in [1.29, 1.82) is 0 Å². The van der Waals surface area contributed by atoms with Gasteiger partial charge in [-0.05, 0) is 133 Å². The summed E-state index contributed by atoms with van der Waals surface area (Å²) in [6.45, 7) is 19.0. The number of carbonyl (C=O) groups excluding carboxylic acids is 3. The van der Waals surface area contributed by atoms with Gasteiger partial charge in [-0.25, -0.2) is 0 Å². The van der Waals surface area contributed by atoms with Crippen LogP contribution in [0, 0.1) is 17.8 Å². The number of rotatable bonds is 24. The van der Waals surface area contributed by atoms with Crippen LogP contribution in [0.2, 0.25) is 0 Å². The van der Waals surface area contributed by atoms with E-state index in [0.717, 1.165) is 38.5 Å². The predicted octanol–water partition coefficient (Wildman–Crippen LogP) is 7.78. The van der Waals surface area contributed by atoms with Gasteiger partial charge in [0.15, 0.2) is 12.6 Å². The van der Waals surface area contributed by atoms with Crippen molar-refractivity contribution < 1.29 is 68.3 Å². The summed E-state index contributed by atoms with van der Waals surface area (Å²) in [5, 5.41) is 62.9. The maximum atomic E-state index is 14.6. The number of amides is 2. The Bertz CT molecular complexity index is 2000. The highest BCUT2D eigenvalue weighted by atomic mass is 16.7. The SMILES string of the molecule is CC/C=C\C/C=C\C/C=C\C/C=C\C/C=C\C/C=C\CCC(=O)NCCC(=O)N1C[C@H](C)C[C@@](C)(O)[C@H](O[C@@H]2O[C@H](C)C[C@H](N(C)C)[C@H]2O)[C@@H](C)[C@H](O[C@H]2C[C@@](C)(OC)[C@@H](O)[C@H](C)O2)[C@@H](C)C(=O)O[C@H](CC)[C@@](C)(O)[C@H](O)[C@H]1C. The Morgan fingerprint density at radius 1 is 0.772 bits per heavy atom. The molecule has 0 aromatic carbocycles. The summed E-state index contributed by atoms with van der Waals surface area (Å²) in [7, 11) is 5.20. The summed E-state index contributed by atoms with van der Waals surface area (Å²) >= 11 is 0. The lowest BCUT2D eigenvalue weighted by Gasteiger charge is -2.48. The topological polar surface area (TPSA) is 226 Å². The van der Waals surface area contributed by atoms with Crippen molar-refractivity contribution in [3.05, 3.63) is 72.9 Å². The van der Waals surface area contributed by atoms with Gasteiger partial charge in [0.05, 0.1) is 47.6 Å². The zero-order valence-corrected chi connectivity index (χ0v) is 50.5. The highest BCUT2D eigenvalue weighted by molar-refractivity contribution is 5.79. The average molecular weight is 1120 g/mol. The quantitative estimate of drug-likeness (QED) is 0.0401. The molecule has 3 aliphatic rings. The Kier molecular flexibility index (Phi) is 30.1. The van der Waals surface area contributed by atoms with Crippen LogP contribution in [0.5, 0.6) is 0 Å². The molecule has 17 nitrogen and oxygen atoms in total. The van der Waals surface area contributed by atoms with Crippen LogP contribution >= 0.6 is 0 Å². The van der Waals surface area contributed by atoms with Crippen LogP contribution in [0.25, 0.3) is 0 Å². The van der Waals surface area contributed by atoms with Gasteiger partial charge >= 0.3 is 5.97 Å². The van der Waals surface area contributed by atoms with E-state index in [9.17, 15) is 39.9 Å². The van der Waals surface area contributed by atoms with Gasteiger partial charge < -0.3 is 69.1 Å². The van der Waals surface area contributed by atoms with Gasteiger partial charge in [0, 0.05) is 51.4 Å². The first-order chi connectivity index (χ1) is 37.3. The molecule has 0 aliphatic carbocycles. The molecule has 18 atom stereocenters. The van der Waals surface area contributed by atoms with Gasteiger partial charge in [-0.15, -0.1) is 0 Å². The van der Waals surface area contributed by atoms with Crippen molar-refractivity contribution in [2.75, 3.05) is 34.3 Å². The van der Waals surface area contributed by atoms with Crippen molar-refractivity contribution in [2.24, 2.45) is 17.8 Å². The molecule has 0 bridgehead atoms. The van der Waals surface area contributed by atoms with E-state index in [2.05, 4.69) is 73.0 Å². The maximum Gasteiger partial charge on any atom is 0.311 e. The lowest BCUT2D eigenvalue weighted by molar-refractivity contribution is -0.318. The van der Waals surface area contributed by atoms with E-state index in [1.54, 1.807) is 48.5 Å². The van der Waals surface area contributed by atoms with Crippen molar-refractivity contribution >= 4 is 17.8 Å². The molecule has 0 aromatic heterocycles. The normalized spacial score (nSPS) is 37.0. The minimum Gasteiger partial charge on any atom is -0.459 e. The van der Waals surface area contributed by atoms with E-state index < -0.39 is 108 Å². The summed E-state index contributed by atoms with van der Waals surface area (Å²) in [4.78, 5) is 45.3. The number of allylic oxidation sites excluding steroid dienone is 12. The number of likely N-dealkylation sites (N-methyl/N-ethyl adjacent to an activating group) is 1. The van der Waals surface area contributed by atoms with E-state index >= 15 is 0 Å². The van der Waals surface area contributed by atoms with Gasteiger partial charge in [-0.1, -0.05) is 101 Å². The monoisotopic (exact) mass is 1120 g/mol. The van der Waals surface area contributed by atoms with Gasteiger partial charge in [0.25, 0.3) is 0 Å². The molecule has 452 valence electrons. The average Bonchev–Trinajstić information content (AvgIpc) is 3.43. The maximum absolute atomic E-state index is 14.6. The third kappa shape index (κ3) is 21.6. The molecule has 0 unspecified atom stereocenters. The lowest BCUT2D eigenvalue weighted by atomic mass is 9.77. The van der Waals surface area contributed by atoms with E-state index in [4.69, 9.17) is 28.4 Å².